The lowest BCUT2D eigenvalue weighted by molar-refractivity contribution is -0.113. The number of carbonyl (C=O) groups excluding carboxylic acids is 1. The van der Waals surface area contributed by atoms with Crippen LogP contribution in [0.3, 0.4) is 0 Å². The third-order valence-electron chi connectivity index (χ3n) is 6.12. The Bertz CT molecular complexity index is 578. The van der Waals surface area contributed by atoms with Gasteiger partial charge in [0.2, 0.25) is 0 Å². The highest BCUT2D eigenvalue weighted by Gasteiger charge is 2.48. The minimum atomic E-state index is -0.592. The zero-order chi connectivity index (χ0) is 15.4. The van der Waals surface area contributed by atoms with Gasteiger partial charge in [0.15, 0.2) is 5.78 Å². The SMILES string of the molecule is CC1=CC[C@]2(C)C3=C(C(=O)/C=C(/C)CC[C@H]13)[C@H](O)C[C@H]2C. The summed E-state index contributed by atoms with van der Waals surface area (Å²) < 4.78 is 0. The minimum Gasteiger partial charge on any atom is -0.388 e. The summed E-state index contributed by atoms with van der Waals surface area (Å²) >= 11 is 0. The molecule has 0 aromatic rings. The maximum Gasteiger partial charge on any atom is 0.184 e. The zero-order valence-corrected chi connectivity index (χ0v) is 13.6. The van der Waals surface area contributed by atoms with Crippen molar-refractivity contribution in [1.29, 1.82) is 0 Å². The fourth-order valence-electron chi connectivity index (χ4n) is 4.52. The Kier molecular flexibility index (Phi) is 3.48. The van der Waals surface area contributed by atoms with Gasteiger partial charge in [-0.25, -0.2) is 0 Å². The molecule has 3 aliphatic carbocycles. The molecule has 3 rings (SSSR count). The Morgan fingerprint density at radius 1 is 1.33 bits per heavy atom. The molecule has 0 heterocycles. The lowest BCUT2D eigenvalue weighted by Gasteiger charge is -2.50. The normalized spacial score (nSPS) is 42.5. The van der Waals surface area contributed by atoms with Crippen molar-refractivity contribution in [3.8, 4) is 0 Å². The number of carbonyl (C=O) groups is 1. The number of ketones is 1. The van der Waals surface area contributed by atoms with Gasteiger partial charge in [-0.2, -0.15) is 0 Å². The summed E-state index contributed by atoms with van der Waals surface area (Å²) in [6, 6.07) is 0. The first-order chi connectivity index (χ1) is 9.84. The van der Waals surface area contributed by atoms with Crippen molar-refractivity contribution in [2.24, 2.45) is 17.3 Å². The number of aliphatic hydroxyl groups excluding tert-OH is 1. The number of hydrogen-bond acceptors (Lipinski definition) is 2. The maximum absolute atomic E-state index is 12.7. The van der Waals surface area contributed by atoms with E-state index in [-0.39, 0.29) is 11.2 Å². The topological polar surface area (TPSA) is 37.3 Å². The lowest BCUT2D eigenvalue weighted by atomic mass is 9.54. The van der Waals surface area contributed by atoms with Crippen molar-refractivity contribution in [3.63, 3.8) is 0 Å². The molecule has 2 heteroatoms. The second kappa shape index (κ2) is 4.95. The molecular formula is C19H26O2. The minimum absolute atomic E-state index is 0.0352. The Morgan fingerprint density at radius 3 is 2.76 bits per heavy atom. The van der Waals surface area contributed by atoms with Gasteiger partial charge < -0.3 is 5.11 Å². The molecule has 114 valence electrons. The summed E-state index contributed by atoms with van der Waals surface area (Å²) in [5, 5.41) is 10.6. The van der Waals surface area contributed by atoms with Gasteiger partial charge in [0.25, 0.3) is 0 Å². The number of hydrogen-bond donors (Lipinski definition) is 1. The average Bonchev–Trinajstić information content (AvgIpc) is 2.39. The van der Waals surface area contributed by atoms with Crippen LogP contribution in [-0.4, -0.2) is 17.0 Å². The molecule has 0 unspecified atom stereocenters. The van der Waals surface area contributed by atoms with Crippen molar-refractivity contribution in [2.75, 3.05) is 0 Å². The van der Waals surface area contributed by atoms with E-state index in [2.05, 4.69) is 26.8 Å². The standard InChI is InChI=1S/C19H26O2/c1-11-5-6-14-12(2)7-8-19(4)13(3)10-16(21)17(18(14)19)15(20)9-11/h7,9,13-14,16,21H,5-6,8,10H2,1-4H3/b11-9-/t13-,14-,16-,19+/m1/s1. The van der Waals surface area contributed by atoms with Crippen LogP contribution in [0.5, 0.6) is 0 Å². The molecule has 21 heavy (non-hydrogen) atoms. The molecule has 0 fully saturated rings. The average molecular weight is 286 g/mol. The first kappa shape index (κ1) is 14.8. The number of rotatable bonds is 0. The molecule has 0 saturated heterocycles. The van der Waals surface area contributed by atoms with Crippen molar-refractivity contribution in [1.82, 2.24) is 0 Å². The molecule has 0 spiro atoms. The van der Waals surface area contributed by atoms with Gasteiger partial charge in [0, 0.05) is 11.5 Å². The smallest absolute Gasteiger partial charge is 0.184 e. The van der Waals surface area contributed by atoms with E-state index in [9.17, 15) is 9.90 Å². The Balaban J connectivity index is 2.26. The first-order valence-electron chi connectivity index (χ1n) is 8.15. The molecule has 0 aliphatic heterocycles. The maximum atomic E-state index is 12.7. The Hall–Kier alpha value is -1.15. The molecule has 0 amide bonds. The molecule has 1 N–H and O–H groups in total. The van der Waals surface area contributed by atoms with E-state index in [0.29, 0.717) is 23.8 Å². The summed E-state index contributed by atoms with van der Waals surface area (Å²) in [6.45, 7) is 8.73. The van der Waals surface area contributed by atoms with E-state index < -0.39 is 6.10 Å². The van der Waals surface area contributed by atoms with E-state index in [1.807, 2.05) is 6.92 Å². The third-order valence-corrected chi connectivity index (χ3v) is 6.12. The van der Waals surface area contributed by atoms with Gasteiger partial charge in [0.1, 0.15) is 0 Å². The Morgan fingerprint density at radius 2 is 2.05 bits per heavy atom. The van der Waals surface area contributed by atoms with Gasteiger partial charge in [-0.1, -0.05) is 31.1 Å². The predicted octanol–water partition coefficient (Wildman–Crippen LogP) is 3.97. The largest absolute Gasteiger partial charge is 0.388 e. The van der Waals surface area contributed by atoms with Crippen molar-refractivity contribution in [2.45, 2.75) is 59.5 Å². The van der Waals surface area contributed by atoms with Gasteiger partial charge in [0.05, 0.1) is 6.10 Å². The summed E-state index contributed by atoms with van der Waals surface area (Å²) in [6.07, 6.45) is 7.26. The van der Waals surface area contributed by atoms with E-state index in [4.69, 9.17) is 0 Å². The summed E-state index contributed by atoms with van der Waals surface area (Å²) in [7, 11) is 0. The van der Waals surface area contributed by atoms with Gasteiger partial charge in [-0.3, -0.25) is 4.79 Å². The van der Waals surface area contributed by atoms with E-state index in [1.54, 1.807) is 6.08 Å². The second-order valence-electron chi connectivity index (χ2n) is 7.50. The molecule has 3 aliphatic rings. The molecule has 0 radical (unpaired) electrons. The lowest BCUT2D eigenvalue weighted by Crippen LogP contribution is -2.44. The first-order valence-corrected chi connectivity index (χ1v) is 8.15. The van der Waals surface area contributed by atoms with Crippen LogP contribution in [0.4, 0.5) is 0 Å². The Labute approximate surface area is 127 Å². The van der Waals surface area contributed by atoms with Gasteiger partial charge in [-0.15, -0.1) is 0 Å². The van der Waals surface area contributed by atoms with E-state index in [1.165, 1.54) is 11.1 Å². The predicted molar refractivity (Wildman–Crippen MR) is 84.8 cm³/mol. The summed E-state index contributed by atoms with van der Waals surface area (Å²) in [5.74, 6) is 0.798. The number of allylic oxidation sites excluding steroid dienone is 5. The molecule has 2 nitrogen and oxygen atoms in total. The van der Waals surface area contributed by atoms with Crippen LogP contribution >= 0.6 is 0 Å². The molecular weight excluding hydrogens is 260 g/mol. The highest BCUT2D eigenvalue weighted by atomic mass is 16.3. The van der Waals surface area contributed by atoms with Crippen LogP contribution in [0.25, 0.3) is 0 Å². The fourth-order valence-corrected chi connectivity index (χ4v) is 4.52. The molecule has 4 atom stereocenters. The van der Waals surface area contributed by atoms with Crippen molar-refractivity contribution in [3.05, 3.63) is 34.4 Å². The van der Waals surface area contributed by atoms with Gasteiger partial charge in [-0.05, 0) is 62.5 Å². The highest BCUT2D eigenvalue weighted by molar-refractivity contribution is 6.06. The van der Waals surface area contributed by atoms with Crippen molar-refractivity contribution >= 4 is 5.78 Å². The van der Waals surface area contributed by atoms with Crippen LogP contribution < -0.4 is 0 Å². The number of aliphatic hydroxyl groups is 1. The van der Waals surface area contributed by atoms with E-state index in [0.717, 1.165) is 24.8 Å². The van der Waals surface area contributed by atoms with E-state index >= 15 is 0 Å². The van der Waals surface area contributed by atoms with Crippen molar-refractivity contribution < 1.29 is 9.90 Å². The molecule has 0 aromatic carbocycles. The van der Waals surface area contributed by atoms with Crippen LogP contribution in [0.2, 0.25) is 0 Å². The second-order valence-corrected chi connectivity index (χ2v) is 7.50. The van der Waals surface area contributed by atoms with Crippen LogP contribution in [0.15, 0.2) is 34.4 Å². The van der Waals surface area contributed by atoms with Crippen LogP contribution in [0.1, 0.15) is 53.4 Å². The highest BCUT2D eigenvalue weighted by Crippen LogP contribution is 2.56. The monoisotopic (exact) mass is 286 g/mol. The molecule has 0 bridgehead atoms. The summed E-state index contributed by atoms with van der Waals surface area (Å²) in [5.41, 5.74) is 4.52. The van der Waals surface area contributed by atoms with Gasteiger partial charge >= 0.3 is 0 Å². The summed E-state index contributed by atoms with van der Waals surface area (Å²) in [4.78, 5) is 12.7. The third kappa shape index (κ3) is 2.15. The fraction of sp³-hybridized carbons (Fsp3) is 0.632. The zero-order valence-electron chi connectivity index (χ0n) is 13.6. The van der Waals surface area contributed by atoms with Crippen LogP contribution in [-0.2, 0) is 4.79 Å². The van der Waals surface area contributed by atoms with Crippen LogP contribution in [0, 0.1) is 17.3 Å². The molecule has 0 saturated carbocycles. The quantitative estimate of drug-likeness (QED) is 0.684. The molecule has 0 aromatic heterocycles.